The van der Waals surface area contributed by atoms with Gasteiger partial charge in [-0.25, -0.2) is 4.98 Å². The number of hydrogen-bond donors (Lipinski definition) is 1. The second-order valence-corrected chi connectivity index (χ2v) is 7.82. The van der Waals surface area contributed by atoms with Crippen molar-refractivity contribution in [2.75, 3.05) is 0 Å². The van der Waals surface area contributed by atoms with Crippen LogP contribution in [-0.2, 0) is 19.4 Å². The lowest BCUT2D eigenvalue weighted by Gasteiger charge is -2.09. The van der Waals surface area contributed by atoms with Gasteiger partial charge in [0.25, 0.3) is 5.91 Å². The van der Waals surface area contributed by atoms with Crippen molar-refractivity contribution in [2.24, 2.45) is 0 Å². The monoisotopic (exact) mass is 352 g/mol. The fourth-order valence-corrected chi connectivity index (χ4v) is 4.36. The van der Waals surface area contributed by atoms with Crippen molar-refractivity contribution in [1.29, 1.82) is 0 Å². The van der Waals surface area contributed by atoms with E-state index >= 15 is 0 Å². The minimum absolute atomic E-state index is 0.165. The molecule has 128 valence electrons. The number of fused-ring (bicyclic) bond motifs is 3. The van der Waals surface area contributed by atoms with Gasteiger partial charge in [-0.2, -0.15) is 0 Å². The highest BCUT2D eigenvalue weighted by Crippen LogP contribution is 2.40. The standard InChI is InChI=1S/C20H20N2O2S/c1-11-5-4-6-14(9-11)10-21-20(23)19-12(2)17-15(24-19)7-8-16-18(17)22-13(3)25-16/h4-6,9H,7-8,10H2,1-3H3,(H,21,23). The van der Waals surface area contributed by atoms with E-state index in [1.54, 1.807) is 11.3 Å². The van der Waals surface area contributed by atoms with Crippen LogP contribution < -0.4 is 5.32 Å². The normalized spacial score (nSPS) is 12.6. The van der Waals surface area contributed by atoms with Crippen LogP contribution in [0, 0.1) is 20.8 Å². The lowest BCUT2D eigenvalue weighted by Crippen LogP contribution is -2.23. The van der Waals surface area contributed by atoms with E-state index in [2.05, 4.69) is 16.4 Å². The molecule has 0 saturated carbocycles. The number of nitrogens with one attached hydrogen (secondary N) is 1. The Kier molecular flexibility index (Phi) is 3.96. The van der Waals surface area contributed by atoms with Crippen molar-refractivity contribution >= 4 is 17.2 Å². The second-order valence-electron chi connectivity index (χ2n) is 6.53. The Morgan fingerprint density at radius 3 is 2.92 bits per heavy atom. The number of carbonyl (C=O) groups excluding carboxylic acids is 1. The number of thiazole rings is 1. The molecule has 4 nitrogen and oxygen atoms in total. The number of hydrogen-bond acceptors (Lipinski definition) is 4. The second kappa shape index (κ2) is 6.15. The summed E-state index contributed by atoms with van der Waals surface area (Å²) in [6.07, 6.45) is 1.76. The minimum atomic E-state index is -0.165. The van der Waals surface area contributed by atoms with Gasteiger partial charge < -0.3 is 9.73 Å². The number of aryl methyl sites for hydroxylation is 4. The van der Waals surface area contributed by atoms with Crippen LogP contribution >= 0.6 is 11.3 Å². The van der Waals surface area contributed by atoms with Crippen LogP contribution in [0.25, 0.3) is 11.3 Å². The van der Waals surface area contributed by atoms with Crippen molar-refractivity contribution in [3.63, 3.8) is 0 Å². The van der Waals surface area contributed by atoms with Gasteiger partial charge in [0.1, 0.15) is 5.76 Å². The number of aromatic nitrogens is 1. The summed E-state index contributed by atoms with van der Waals surface area (Å²) in [6, 6.07) is 8.13. The molecule has 2 aromatic heterocycles. The molecule has 0 bridgehead atoms. The molecule has 0 fully saturated rings. The molecule has 1 aromatic carbocycles. The van der Waals surface area contributed by atoms with E-state index in [0.717, 1.165) is 46.0 Å². The van der Waals surface area contributed by atoms with E-state index < -0.39 is 0 Å². The quantitative estimate of drug-likeness (QED) is 0.762. The first-order chi connectivity index (χ1) is 12.0. The molecule has 0 unspecified atom stereocenters. The van der Waals surface area contributed by atoms with Crippen LogP contribution in [0.5, 0.6) is 0 Å². The number of amides is 1. The summed E-state index contributed by atoms with van der Waals surface area (Å²) < 4.78 is 5.93. The van der Waals surface area contributed by atoms with Gasteiger partial charge in [-0.3, -0.25) is 4.79 Å². The van der Waals surface area contributed by atoms with Crippen LogP contribution in [-0.4, -0.2) is 10.9 Å². The van der Waals surface area contributed by atoms with E-state index in [-0.39, 0.29) is 5.91 Å². The van der Waals surface area contributed by atoms with Gasteiger partial charge in [-0.05, 0) is 32.8 Å². The van der Waals surface area contributed by atoms with Crippen molar-refractivity contribution < 1.29 is 9.21 Å². The van der Waals surface area contributed by atoms with Gasteiger partial charge in [0, 0.05) is 29.0 Å². The van der Waals surface area contributed by atoms with Crippen LogP contribution in [0.2, 0.25) is 0 Å². The van der Waals surface area contributed by atoms with Gasteiger partial charge in [0.15, 0.2) is 5.76 Å². The van der Waals surface area contributed by atoms with Gasteiger partial charge in [0.2, 0.25) is 0 Å². The van der Waals surface area contributed by atoms with Crippen LogP contribution in [0.1, 0.15) is 42.9 Å². The van der Waals surface area contributed by atoms with Gasteiger partial charge in [0.05, 0.1) is 10.7 Å². The first-order valence-electron chi connectivity index (χ1n) is 8.45. The average Bonchev–Trinajstić information content (AvgIpc) is 3.12. The smallest absolute Gasteiger partial charge is 0.287 e. The zero-order valence-corrected chi connectivity index (χ0v) is 15.4. The van der Waals surface area contributed by atoms with E-state index in [0.29, 0.717) is 12.3 Å². The maximum atomic E-state index is 12.6. The molecule has 0 spiro atoms. The maximum absolute atomic E-state index is 12.6. The lowest BCUT2D eigenvalue weighted by molar-refractivity contribution is 0.0920. The number of nitrogens with zero attached hydrogens (tertiary/aromatic N) is 1. The highest BCUT2D eigenvalue weighted by molar-refractivity contribution is 7.12. The summed E-state index contributed by atoms with van der Waals surface area (Å²) in [5, 5.41) is 4.03. The molecule has 1 aliphatic carbocycles. The molecule has 5 heteroatoms. The molecule has 0 atom stereocenters. The maximum Gasteiger partial charge on any atom is 0.287 e. The predicted octanol–water partition coefficient (Wildman–Crippen LogP) is 4.36. The van der Waals surface area contributed by atoms with Crippen molar-refractivity contribution in [2.45, 2.75) is 40.2 Å². The summed E-state index contributed by atoms with van der Waals surface area (Å²) in [4.78, 5) is 18.6. The number of benzene rings is 1. The van der Waals surface area contributed by atoms with E-state index in [1.165, 1.54) is 10.4 Å². The molecule has 0 aliphatic heterocycles. The van der Waals surface area contributed by atoms with E-state index in [9.17, 15) is 4.79 Å². The fraction of sp³-hybridized carbons (Fsp3) is 0.300. The fourth-order valence-electron chi connectivity index (χ4n) is 3.42. The SMILES string of the molecule is Cc1cccc(CNC(=O)c2oc3c(c2C)-c2nc(C)sc2CC3)c1. The predicted molar refractivity (Wildman–Crippen MR) is 99.0 cm³/mol. The molecule has 0 radical (unpaired) electrons. The highest BCUT2D eigenvalue weighted by atomic mass is 32.1. The molecular weight excluding hydrogens is 332 g/mol. The zero-order chi connectivity index (χ0) is 17.6. The molecule has 25 heavy (non-hydrogen) atoms. The molecule has 3 aromatic rings. The van der Waals surface area contributed by atoms with Gasteiger partial charge in [-0.15, -0.1) is 11.3 Å². The van der Waals surface area contributed by atoms with Crippen molar-refractivity contribution in [3.05, 3.63) is 62.4 Å². The molecule has 1 N–H and O–H groups in total. The molecule has 2 heterocycles. The number of furan rings is 1. The number of rotatable bonds is 3. The van der Waals surface area contributed by atoms with Crippen LogP contribution in [0.15, 0.2) is 28.7 Å². The van der Waals surface area contributed by atoms with Gasteiger partial charge >= 0.3 is 0 Å². The Morgan fingerprint density at radius 1 is 1.28 bits per heavy atom. The molecule has 1 aliphatic rings. The Bertz CT molecular complexity index is 968. The summed E-state index contributed by atoms with van der Waals surface area (Å²) in [5.41, 5.74) is 5.18. The molecule has 0 saturated heterocycles. The van der Waals surface area contributed by atoms with Gasteiger partial charge in [-0.1, -0.05) is 29.8 Å². The Labute approximate surface area is 150 Å². The Balaban J connectivity index is 1.60. The summed E-state index contributed by atoms with van der Waals surface area (Å²) in [7, 11) is 0. The first kappa shape index (κ1) is 16.1. The average molecular weight is 352 g/mol. The molecule has 4 rings (SSSR count). The third-order valence-corrected chi connectivity index (χ3v) is 5.61. The Morgan fingerprint density at radius 2 is 2.12 bits per heavy atom. The van der Waals surface area contributed by atoms with E-state index in [4.69, 9.17) is 4.42 Å². The highest BCUT2D eigenvalue weighted by Gasteiger charge is 2.29. The topological polar surface area (TPSA) is 55.1 Å². The summed E-state index contributed by atoms with van der Waals surface area (Å²) >= 11 is 1.74. The summed E-state index contributed by atoms with van der Waals surface area (Å²) in [6.45, 7) is 6.51. The van der Waals surface area contributed by atoms with Crippen LogP contribution in [0.3, 0.4) is 0 Å². The number of carbonyl (C=O) groups is 1. The lowest BCUT2D eigenvalue weighted by atomic mass is 9.97. The minimum Gasteiger partial charge on any atom is -0.455 e. The Hall–Kier alpha value is -2.40. The zero-order valence-electron chi connectivity index (χ0n) is 14.6. The van der Waals surface area contributed by atoms with E-state index in [1.807, 2.05) is 39.0 Å². The summed E-state index contributed by atoms with van der Waals surface area (Å²) in [5.74, 6) is 1.13. The molecule has 1 amide bonds. The third-order valence-electron chi connectivity index (χ3n) is 4.58. The third kappa shape index (κ3) is 2.89. The molecular formula is C20H20N2O2S. The van der Waals surface area contributed by atoms with Crippen molar-refractivity contribution in [3.8, 4) is 11.3 Å². The van der Waals surface area contributed by atoms with Crippen molar-refractivity contribution in [1.82, 2.24) is 10.3 Å². The van der Waals surface area contributed by atoms with Crippen LogP contribution in [0.4, 0.5) is 0 Å². The largest absolute Gasteiger partial charge is 0.455 e. The first-order valence-corrected chi connectivity index (χ1v) is 9.27.